The van der Waals surface area contributed by atoms with E-state index in [1.165, 1.54) is 32.2 Å². The number of carbonyl (C=O) groups is 1. The number of hydrogen-bond acceptors (Lipinski definition) is 6. The summed E-state index contributed by atoms with van der Waals surface area (Å²) in [5, 5.41) is 14.7. The molecule has 5 nitrogen and oxygen atoms in total. The van der Waals surface area contributed by atoms with E-state index >= 15 is 0 Å². The van der Waals surface area contributed by atoms with Gasteiger partial charge in [-0.25, -0.2) is 0 Å². The number of pyridine rings is 2. The topological polar surface area (TPSA) is 76.2 Å². The van der Waals surface area contributed by atoms with Crippen LogP contribution in [0.15, 0.2) is 77.4 Å². The fourth-order valence-corrected chi connectivity index (χ4v) is 8.19. The van der Waals surface area contributed by atoms with Gasteiger partial charge in [-0.05, 0) is 90.8 Å². The standard InChI is InChI=1S/C33H31N2OS.C15H28O2.Ir/c1-19(2)11-25-13-23-8-7-21(15-30(23)37-25)26-16-29(35-32-31(26)20(3)18-36-32)24-12-22-9-10-34-17-27(22)28(14-24)33(4,5)6;1-7-14(5,8-2)12(16)11-13(17)15(6,9-3)10-4;/h7-10,13-19H,11H2,1-6H3;11,16H,7-10H2,1-6H3;/q-1;;/b;12-11-;. The monoisotopic (exact) mass is 936 g/mol. The van der Waals surface area contributed by atoms with Crippen molar-refractivity contribution in [2.45, 2.75) is 121 Å². The molecule has 1 N–H and O–H groups in total. The molecule has 7 heteroatoms. The Morgan fingerprint density at radius 3 is 2.24 bits per heavy atom. The summed E-state index contributed by atoms with van der Waals surface area (Å²) in [5.41, 5.74) is 6.52. The minimum Gasteiger partial charge on any atom is -0.512 e. The minimum absolute atomic E-state index is 0. The van der Waals surface area contributed by atoms with Gasteiger partial charge < -0.3 is 9.52 Å². The number of furan rings is 1. The number of benzene rings is 2. The summed E-state index contributed by atoms with van der Waals surface area (Å²) in [6, 6.07) is 19.2. The fourth-order valence-electron chi connectivity index (χ4n) is 6.88. The van der Waals surface area contributed by atoms with Crippen molar-refractivity contribution in [1.82, 2.24) is 9.97 Å². The van der Waals surface area contributed by atoms with Crippen LogP contribution in [0.5, 0.6) is 0 Å². The van der Waals surface area contributed by atoms with Crippen molar-refractivity contribution in [3.8, 4) is 22.4 Å². The second-order valence-corrected chi connectivity index (χ2v) is 18.1. The zero-order chi connectivity index (χ0) is 39.6. The SMILES string of the molecule is CCC(C)(CC)C(=O)/C=C(\O)C(C)(CC)CC.Cc1coc2nc(-c3[c-]c4ccncc4c(C(C)(C)C)c3)cc(-c3ccc4cc(CC(C)C)sc4c3)c12.[Ir]. The van der Waals surface area contributed by atoms with Crippen molar-refractivity contribution in [1.29, 1.82) is 0 Å². The zero-order valence-corrected chi connectivity index (χ0v) is 38.1. The average Bonchev–Trinajstić information content (AvgIpc) is 3.74. The van der Waals surface area contributed by atoms with Crippen LogP contribution >= 0.6 is 11.3 Å². The van der Waals surface area contributed by atoms with Gasteiger partial charge in [0, 0.05) is 63.9 Å². The van der Waals surface area contributed by atoms with E-state index in [1.54, 1.807) is 0 Å². The van der Waals surface area contributed by atoms with E-state index in [2.05, 4.69) is 89.0 Å². The number of aliphatic hydroxyl groups excluding tert-OH is 1. The molecule has 6 rings (SSSR count). The van der Waals surface area contributed by atoms with Crippen molar-refractivity contribution < 1.29 is 34.4 Å². The van der Waals surface area contributed by atoms with Crippen LogP contribution in [0.4, 0.5) is 0 Å². The molecule has 0 aliphatic rings. The molecule has 0 atom stereocenters. The number of aromatic nitrogens is 2. The average molecular weight is 936 g/mol. The molecule has 0 saturated carbocycles. The molecular formula is C48H59IrN2O3S-. The number of thiophene rings is 1. The summed E-state index contributed by atoms with van der Waals surface area (Å²) in [4.78, 5) is 23.0. The third-order valence-electron chi connectivity index (χ3n) is 11.6. The van der Waals surface area contributed by atoms with Gasteiger partial charge in [-0.1, -0.05) is 111 Å². The molecule has 6 aromatic rings. The summed E-state index contributed by atoms with van der Waals surface area (Å²) in [6.07, 6.45) is 11.5. The molecule has 55 heavy (non-hydrogen) atoms. The Morgan fingerprint density at radius 1 is 0.945 bits per heavy atom. The zero-order valence-electron chi connectivity index (χ0n) is 34.9. The fraction of sp³-hybridized carbons (Fsp3) is 0.438. The van der Waals surface area contributed by atoms with E-state index in [4.69, 9.17) is 9.40 Å². The molecule has 0 saturated heterocycles. The van der Waals surface area contributed by atoms with E-state index in [0.29, 0.717) is 11.6 Å². The van der Waals surface area contributed by atoms with Crippen LogP contribution in [-0.4, -0.2) is 20.9 Å². The molecule has 2 aromatic carbocycles. The number of hydrogen-bond donors (Lipinski definition) is 1. The van der Waals surface area contributed by atoms with Gasteiger partial charge in [0.15, 0.2) is 5.78 Å². The number of fused-ring (bicyclic) bond motifs is 3. The van der Waals surface area contributed by atoms with Crippen LogP contribution < -0.4 is 0 Å². The third kappa shape index (κ3) is 9.50. The van der Waals surface area contributed by atoms with E-state index in [-0.39, 0.29) is 47.9 Å². The number of rotatable bonds is 11. The van der Waals surface area contributed by atoms with Crippen LogP contribution in [0.1, 0.15) is 118 Å². The largest absolute Gasteiger partial charge is 0.512 e. The third-order valence-corrected chi connectivity index (χ3v) is 12.7. The first-order valence-electron chi connectivity index (χ1n) is 19.6. The maximum Gasteiger partial charge on any atom is 0.219 e. The van der Waals surface area contributed by atoms with Gasteiger partial charge in [-0.15, -0.1) is 34.9 Å². The summed E-state index contributed by atoms with van der Waals surface area (Å²) in [7, 11) is 0. The van der Waals surface area contributed by atoms with Gasteiger partial charge in [0.25, 0.3) is 0 Å². The molecular weight excluding hydrogens is 877 g/mol. The maximum atomic E-state index is 12.2. The van der Waals surface area contributed by atoms with Crippen molar-refractivity contribution in [2.24, 2.45) is 16.7 Å². The number of aryl methyl sites for hydroxylation is 1. The van der Waals surface area contributed by atoms with Crippen molar-refractivity contribution in [3.05, 3.63) is 95.0 Å². The van der Waals surface area contributed by atoms with Gasteiger partial charge in [-0.2, -0.15) is 0 Å². The summed E-state index contributed by atoms with van der Waals surface area (Å²) >= 11 is 1.90. The Bertz CT molecular complexity index is 2300. The molecule has 0 spiro atoms. The summed E-state index contributed by atoms with van der Waals surface area (Å²) in [6.45, 7) is 25.4. The predicted octanol–water partition coefficient (Wildman–Crippen LogP) is 14.2. The first-order valence-corrected chi connectivity index (χ1v) is 20.5. The van der Waals surface area contributed by atoms with E-state index < -0.39 is 0 Å². The maximum absolute atomic E-state index is 12.2. The van der Waals surface area contributed by atoms with Crippen LogP contribution in [-0.2, 0) is 36.7 Å². The van der Waals surface area contributed by atoms with Crippen molar-refractivity contribution in [3.63, 3.8) is 0 Å². The normalized spacial score (nSPS) is 12.6. The Hall–Kier alpha value is -3.64. The number of nitrogens with zero attached hydrogens (tertiary/aromatic N) is 2. The molecule has 0 bridgehead atoms. The van der Waals surface area contributed by atoms with E-state index in [0.717, 1.165) is 70.6 Å². The second kappa shape index (κ2) is 17.7. The molecule has 0 unspecified atom stereocenters. The van der Waals surface area contributed by atoms with Crippen LogP contribution in [0, 0.1) is 29.7 Å². The Morgan fingerprint density at radius 2 is 1.62 bits per heavy atom. The van der Waals surface area contributed by atoms with Gasteiger partial charge >= 0.3 is 0 Å². The van der Waals surface area contributed by atoms with Crippen LogP contribution in [0.2, 0.25) is 0 Å². The first-order chi connectivity index (χ1) is 25.5. The minimum atomic E-state index is -0.337. The molecule has 1 radical (unpaired) electrons. The van der Waals surface area contributed by atoms with E-state index in [1.807, 2.05) is 77.6 Å². The Kier molecular flexibility index (Phi) is 14.2. The van der Waals surface area contributed by atoms with E-state index in [9.17, 15) is 9.90 Å². The van der Waals surface area contributed by atoms with Crippen molar-refractivity contribution >= 4 is 49.1 Å². The molecule has 295 valence electrons. The van der Waals surface area contributed by atoms with Gasteiger partial charge in [0.2, 0.25) is 5.71 Å². The number of aliphatic hydroxyl groups is 1. The smallest absolute Gasteiger partial charge is 0.219 e. The molecule has 0 amide bonds. The second-order valence-electron chi connectivity index (χ2n) is 16.9. The molecule has 0 aliphatic carbocycles. The number of carbonyl (C=O) groups excluding carboxylic acids is 1. The molecule has 4 aromatic heterocycles. The van der Waals surface area contributed by atoms with Gasteiger partial charge in [0.1, 0.15) is 5.76 Å². The molecule has 4 heterocycles. The predicted molar refractivity (Wildman–Crippen MR) is 229 cm³/mol. The quantitative estimate of drug-likeness (QED) is 0.0796. The number of ketones is 1. The van der Waals surface area contributed by atoms with Crippen LogP contribution in [0.3, 0.4) is 0 Å². The molecule has 0 aliphatic heterocycles. The molecule has 0 fully saturated rings. The van der Waals surface area contributed by atoms with Gasteiger partial charge in [-0.3, -0.25) is 14.8 Å². The summed E-state index contributed by atoms with van der Waals surface area (Å²) < 4.78 is 7.28. The number of allylic oxidation sites excluding steroid dienone is 2. The van der Waals surface area contributed by atoms with Gasteiger partial charge in [0.05, 0.1) is 6.26 Å². The summed E-state index contributed by atoms with van der Waals surface area (Å²) in [5.74, 6) is 0.934. The first kappa shape index (κ1) is 44.1. The van der Waals surface area contributed by atoms with Crippen LogP contribution in [0.25, 0.3) is 54.3 Å². The Labute approximate surface area is 346 Å². The van der Waals surface area contributed by atoms with Crippen molar-refractivity contribution in [2.75, 3.05) is 0 Å². The Balaban J connectivity index is 0.000000320.